The van der Waals surface area contributed by atoms with Crippen LogP contribution in [0.25, 0.3) is 0 Å². The average Bonchev–Trinajstić information content (AvgIpc) is 2.52. The topological polar surface area (TPSA) is 12.5 Å². The molecule has 88 valence electrons. The minimum absolute atomic E-state index is 0.480. The quantitative estimate of drug-likeness (QED) is 0.496. The predicted molar refractivity (Wildman–Crippen MR) is 64.7 cm³/mol. The van der Waals surface area contributed by atoms with Crippen LogP contribution in [0.15, 0.2) is 11.2 Å². The zero-order valence-corrected chi connectivity index (χ0v) is 10.7. The highest BCUT2D eigenvalue weighted by atomic mass is 35.5. The Morgan fingerprint density at radius 2 is 1.93 bits per heavy atom. The van der Waals surface area contributed by atoms with Gasteiger partial charge in [0.15, 0.2) is 5.56 Å². The van der Waals surface area contributed by atoms with Crippen molar-refractivity contribution in [2.45, 2.75) is 51.0 Å². The fraction of sp³-hybridized carbons (Fsp3) is 0.818. The first-order valence-corrected chi connectivity index (χ1v) is 6.50. The standard InChI is InChI=1S/C11H19Cl2NO/c1-2-3-4-5-6-7-8-14-9-10(12)11(13)15-14/h9,11H,2-8H2,1H3. The zero-order chi connectivity index (χ0) is 11.1. The van der Waals surface area contributed by atoms with E-state index in [1.807, 2.05) is 0 Å². The van der Waals surface area contributed by atoms with Crippen molar-refractivity contribution in [3.8, 4) is 0 Å². The maximum Gasteiger partial charge on any atom is 0.196 e. The van der Waals surface area contributed by atoms with E-state index in [1.54, 1.807) is 11.3 Å². The summed E-state index contributed by atoms with van der Waals surface area (Å²) in [7, 11) is 0. The van der Waals surface area contributed by atoms with E-state index in [1.165, 1.54) is 32.1 Å². The van der Waals surface area contributed by atoms with Gasteiger partial charge in [0.05, 0.1) is 5.03 Å². The van der Waals surface area contributed by atoms with Gasteiger partial charge >= 0.3 is 0 Å². The van der Waals surface area contributed by atoms with Gasteiger partial charge in [0.25, 0.3) is 0 Å². The molecule has 1 atom stereocenters. The molecule has 0 aromatic heterocycles. The number of halogens is 2. The molecule has 0 spiro atoms. The van der Waals surface area contributed by atoms with E-state index in [2.05, 4.69) is 6.92 Å². The van der Waals surface area contributed by atoms with Crippen molar-refractivity contribution < 1.29 is 4.84 Å². The molecule has 1 aliphatic rings. The Hall–Kier alpha value is 0.0800. The maximum absolute atomic E-state index is 5.80. The molecule has 0 saturated heterocycles. The van der Waals surface area contributed by atoms with E-state index in [-0.39, 0.29) is 0 Å². The largest absolute Gasteiger partial charge is 0.258 e. The number of hydrogen-bond acceptors (Lipinski definition) is 2. The average molecular weight is 252 g/mol. The highest BCUT2D eigenvalue weighted by Crippen LogP contribution is 2.25. The van der Waals surface area contributed by atoms with Crippen molar-refractivity contribution >= 4 is 23.2 Å². The molecule has 0 saturated carbocycles. The fourth-order valence-electron chi connectivity index (χ4n) is 1.56. The first-order chi connectivity index (χ1) is 7.24. The van der Waals surface area contributed by atoms with Gasteiger partial charge in [-0.1, -0.05) is 62.2 Å². The Morgan fingerprint density at radius 1 is 1.27 bits per heavy atom. The van der Waals surface area contributed by atoms with Crippen LogP contribution in [0.5, 0.6) is 0 Å². The first-order valence-electron chi connectivity index (χ1n) is 5.68. The van der Waals surface area contributed by atoms with Gasteiger partial charge in [0, 0.05) is 12.7 Å². The molecule has 1 aliphatic heterocycles. The summed E-state index contributed by atoms with van der Waals surface area (Å²) < 4.78 is 0. The van der Waals surface area contributed by atoms with E-state index in [0.29, 0.717) is 5.03 Å². The van der Waals surface area contributed by atoms with Crippen molar-refractivity contribution in [3.63, 3.8) is 0 Å². The molecule has 0 fully saturated rings. The van der Waals surface area contributed by atoms with E-state index >= 15 is 0 Å². The van der Waals surface area contributed by atoms with Gasteiger partial charge in [-0.05, 0) is 6.42 Å². The summed E-state index contributed by atoms with van der Waals surface area (Å²) in [5.74, 6) is 0. The van der Waals surface area contributed by atoms with Crippen LogP contribution in [0.4, 0.5) is 0 Å². The van der Waals surface area contributed by atoms with Gasteiger partial charge in [-0.3, -0.25) is 5.06 Å². The van der Waals surface area contributed by atoms with Crippen molar-refractivity contribution in [1.82, 2.24) is 5.06 Å². The van der Waals surface area contributed by atoms with Crippen molar-refractivity contribution in [2.75, 3.05) is 6.54 Å². The summed E-state index contributed by atoms with van der Waals surface area (Å²) in [5, 5.41) is 2.31. The molecule has 0 aromatic carbocycles. The molecule has 4 heteroatoms. The number of hydroxylamine groups is 2. The molecule has 1 heterocycles. The van der Waals surface area contributed by atoms with Crippen LogP contribution in [0.2, 0.25) is 0 Å². The number of rotatable bonds is 7. The summed E-state index contributed by atoms with van der Waals surface area (Å²) in [6, 6.07) is 0. The Morgan fingerprint density at radius 3 is 2.53 bits per heavy atom. The molecular weight excluding hydrogens is 233 g/mol. The zero-order valence-electron chi connectivity index (χ0n) is 9.22. The molecule has 1 unspecified atom stereocenters. The Kier molecular flexibility index (Phi) is 6.46. The number of nitrogens with zero attached hydrogens (tertiary/aromatic N) is 1. The molecule has 0 amide bonds. The summed E-state index contributed by atoms with van der Waals surface area (Å²) in [6.45, 7) is 3.11. The molecular formula is C11H19Cl2NO. The monoisotopic (exact) mass is 251 g/mol. The van der Waals surface area contributed by atoms with Gasteiger partial charge in [0.2, 0.25) is 0 Å². The lowest BCUT2D eigenvalue weighted by Crippen LogP contribution is -2.16. The summed E-state index contributed by atoms with van der Waals surface area (Å²) in [5.41, 5.74) is -0.480. The van der Waals surface area contributed by atoms with Crippen LogP contribution < -0.4 is 0 Å². The second kappa shape index (κ2) is 7.37. The van der Waals surface area contributed by atoms with Gasteiger partial charge in [-0.25, -0.2) is 4.84 Å². The SMILES string of the molecule is CCCCCCCCN1C=C(Cl)C(Cl)O1. The molecule has 15 heavy (non-hydrogen) atoms. The Bertz CT molecular complexity index is 209. The van der Waals surface area contributed by atoms with Gasteiger partial charge in [0.1, 0.15) is 0 Å². The van der Waals surface area contributed by atoms with Gasteiger partial charge in [-0.2, -0.15) is 0 Å². The third kappa shape index (κ3) is 5.10. The Labute approximate surface area is 102 Å². The lowest BCUT2D eigenvalue weighted by molar-refractivity contribution is -0.105. The first kappa shape index (κ1) is 13.1. The van der Waals surface area contributed by atoms with Gasteiger partial charge in [-0.15, -0.1) is 0 Å². The van der Waals surface area contributed by atoms with Crippen molar-refractivity contribution in [1.29, 1.82) is 0 Å². The number of alkyl halides is 1. The fourth-order valence-corrected chi connectivity index (χ4v) is 1.87. The smallest absolute Gasteiger partial charge is 0.196 e. The van der Waals surface area contributed by atoms with Crippen LogP contribution in [0.1, 0.15) is 45.4 Å². The third-order valence-corrected chi connectivity index (χ3v) is 3.17. The second-order valence-corrected chi connectivity index (χ2v) is 4.68. The van der Waals surface area contributed by atoms with Crippen LogP contribution >= 0.6 is 23.2 Å². The number of hydrogen-bond donors (Lipinski definition) is 0. The molecule has 0 radical (unpaired) electrons. The second-order valence-electron chi connectivity index (χ2n) is 3.84. The minimum Gasteiger partial charge on any atom is -0.258 e. The highest BCUT2D eigenvalue weighted by Gasteiger charge is 2.21. The van der Waals surface area contributed by atoms with E-state index < -0.39 is 5.56 Å². The molecule has 0 bridgehead atoms. The number of unbranched alkanes of at least 4 members (excludes halogenated alkanes) is 5. The summed E-state index contributed by atoms with van der Waals surface area (Å²) in [6.07, 6.45) is 9.43. The molecule has 0 N–H and O–H groups in total. The molecule has 1 rings (SSSR count). The molecule has 2 nitrogen and oxygen atoms in total. The van der Waals surface area contributed by atoms with Gasteiger partial charge < -0.3 is 0 Å². The third-order valence-electron chi connectivity index (χ3n) is 2.44. The van der Waals surface area contributed by atoms with E-state index in [4.69, 9.17) is 28.0 Å². The molecule has 0 aliphatic carbocycles. The lowest BCUT2D eigenvalue weighted by Gasteiger charge is -2.14. The predicted octanol–water partition coefficient (Wildman–Crippen LogP) is 4.24. The summed E-state index contributed by atoms with van der Waals surface area (Å²) >= 11 is 11.6. The molecule has 0 aromatic rings. The lowest BCUT2D eigenvalue weighted by atomic mass is 10.1. The van der Waals surface area contributed by atoms with Crippen LogP contribution in [-0.2, 0) is 4.84 Å². The highest BCUT2D eigenvalue weighted by molar-refractivity contribution is 6.37. The van der Waals surface area contributed by atoms with Crippen molar-refractivity contribution in [2.24, 2.45) is 0 Å². The summed E-state index contributed by atoms with van der Waals surface area (Å²) in [4.78, 5) is 5.28. The van der Waals surface area contributed by atoms with Crippen molar-refractivity contribution in [3.05, 3.63) is 11.2 Å². The van der Waals surface area contributed by atoms with Crippen LogP contribution in [0.3, 0.4) is 0 Å². The minimum atomic E-state index is -0.480. The Balaban J connectivity index is 1.97. The van der Waals surface area contributed by atoms with Crippen LogP contribution in [-0.4, -0.2) is 17.2 Å². The van der Waals surface area contributed by atoms with E-state index in [9.17, 15) is 0 Å². The van der Waals surface area contributed by atoms with Crippen LogP contribution in [0, 0.1) is 0 Å². The maximum atomic E-state index is 5.80. The van der Waals surface area contributed by atoms with E-state index in [0.717, 1.165) is 13.0 Å². The normalized spacial score (nSPS) is 20.9.